The molecule has 1 aliphatic rings. The summed E-state index contributed by atoms with van der Waals surface area (Å²) in [5, 5.41) is 1.00. The zero-order chi connectivity index (χ0) is 22.8. The largest absolute Gasteiger partial charge is 0.497 e. The number of nitrogens with one attached hydrogen (secondary N) is 1. The van der Waals surface area contributed by atoms with Gasteiger partial charge in [-0.1, -0.05) is 30.3 Å². The van der Waals surface area contributed by atoms with E-state index in [1.165, 1.54) is 6.07 Å². The Morgan fingerprint density at radius 3 is 2.52 bits per heavy atom. The van der Waals surface area contributed by atoms with Crippen LogP contribution in [0.1, 0.15) is 22.9 Å². The Balaban J connectivity index is 1.53. The Bertz CT molecular complexity index is 1380. The molecule has 0 amide bonds. The standard InChI is InChI=1S/C25H23NO5S2/c1-29-19-8-11-23-18(14-19)15-24(32-23)25(17-6-3-2-4-7-17)26-33(27,28)20-9-10-21-22(16-20)31-13-5-12-30-21/h2-4,6-11,14-16,25-26H,5,12-13H2,1H3. The first-order valence-corrected chi connectivity index (χ1v) is 12.9. The van der Waals surface area contributed by atoms with E-state index < -0.39 is 16.1 Å². The molecule has 0 bridgehead atoms. The average Bonchev–Trinajstić information content (AvgIpc) is 3.11. The fourth-order valence-corrected chi connectivity index (χ4v) is 6.20. The Hall–Kier alpha value is -3.07. The third-order valence-corrected chi connectivity index (χ3v) is 8.06. The summed E-state index contributed by atoms with van der Waals surface area (Å²) in [5.74, 6) is 1.76. The van der Waals surface area contributed by atoms with Crippen LogP contribution in [0.4, 0.5) is 0 Å². The quantitative estimate of drug-likeness (QED) is 0.413. The lowest BCUT2D eigenvalue weighted by molar-refractivity contribution is 0.297. The minimum Gasteiger partial charge on any atom is -0.497 e. The molecule has 1 atom stereocenters. The lowest BCUT2D eigenvalue weighted by Crippen LogP contribution is -2.29. The van der Waals surface area contributed by atoms with Crippen molar-refractivity contribution in [1.29, 1.82) is 0 Å². The Morgan fingerprint density at radius 1 is 0.939 bits per heavy atom. The molecule has 4 aromatic rings. The van der Waals surface area contributed by atoms with Gasteiger partial charge in [0.05, 0.1) is 31.3 Å². The van der Waals surface area contributed by atoms with Gasteiger partial charge in [0.15, 0.2) is 11.5 Å². The van der Waals surface area contributed by atoms with E-state index in [2.05, 4.69) is 4.72 Å². The molecule has 1 unspecified atom stereocenters. The van der Waals surface area contributed by atoms with Gasteiger partial charge in [-0.15, -0.1) is 11.3 Å². The lowest BCUT2D eigenvalue weighted by Gasteiger charge is -2.19. The van der Waals surface area contributed by atoms with E-state index in [-0.39, 0.29) is 4.90 Å². The number of ether oxygens (including phenoxy) is 3. The molecule has 0 aliphatic carbocycles. The SMILES string of the molecule is COc1ccc2sc(C(NS(=O)(=O)c3ccc4c(c3)OCCCO4)c3ccccc3)cc2c1. The van der Waals surface area contributed by atoms with Crippen molar-refractivity contribution in [3.63, 3.8) is 0 Å². The summed E-state index contributed by atoms with van der Waals surface area (Å²) in [6.07, 6.45) is 0.752. The van der Waals surface area contributed by atoms with Crippen molar-refractivity contribution >= 4 is 31.4 Å². The summed E-state index contributed by atoms with van der Waals surface area (Å²) in [5.41, 5.74) is 0.855. The van der Waals surface area contributed by atoms with Crippen molar-refractivity contribution in [2.45, 2.75) is 17.4 Å². The molecule has 1 aromatic heterocycles. The first-order chi connectivity index (χ1) is 16.0. The number of rotatable bonds is 6. The lowest BCUT2D eigenvalue weighted by atomic mass is 10.1. The number of thiophene rings is 1. The number of fused-ring (bicyclic) bond motifs is 2. The molecule has 0 radical (unpaired) electrons. The molecule has 1 aliphatic heterocycles. The molecule has 170 valence electrons. The fraction of sp³-hybridized carbons (Fsp3) is 0.200. The highest BCUT2D eigenvalue weighted by Gasteiger charge is 2.26. The van der Waals surface area contributed by atoms with Crippen LogP contribution in [0.25, 0.3) is 10.1 Å². The highest BCUT2D eigenvalue weighted by atomic mass is 32.2. The van der Waals surface area contributed by atoms with Crippen molar-refractivity contribution in [2.24, 2.45) is 0 Å². The molecule has 0 spiro atoms. The summed E-state index contributed by atoms with van der Waals surface area (Å²) in [7, 11) is -2.23. The highest BCUT2D eigenvalue weighted by molar-refractivity contribution is 7.89. The predicted octanol–water partition coefficient (Wildman–Crippen LogP) is 5.14. The second kappa shape index (κ2) is 9.05. The van der Waals surface area contributed by atoms with E-state index in [1.54, 1.807) is 30.6 Å². The van der Waals surface area contributed by atoms with Gasteiger partial charge in [0.1, 0.15) is 5.75 Å². The van der Waals surface area contributed by atoms with Crippen LogP contribution in [0.2, 0.25) is 0 Å². The Labute approximate surface area is 196 Å². The monoisotopic (exact) mass is 481 g/mol. The molecular weight excluding hydrogens is 458 g/mol. The zero-order valence-corrected chi connectivity index (χ0v) is 19.6. The molecule has 33 heavy (non-hydrogen) atoms. The second-order valence-corrected chi connectivity index (χ2v) is 10.5. The average molecular weight is 482 g/mol. The zero-order valence-electron chi connectivity index (χ0n) is 18.0. The van der Waals surface area contributed by atoms with Gasteiger partial charge < -0.3 is 14.2 Å². The van der Waals surface area contributed by atoms with Gasteiger partial charge >= 0.3 is 0 Å². The second-order valence-electron chi connectivity index (χ2n) is 7.68. The molecule has 5 rings (SSSR count). The maximum atomic E-state index is 13.5. The molecule has 8 heteroatoms. The van der Waals surface area contributed by atoms with E-state index in [0.29, 0.717) is 24.7 Å². The third kappa shape index (κ3) is 4.55. The van der Waals surface area contributed by atoms with E-state index in [9.17, 15) is 8.42 Å². The summed E-state index contributed by atoms with van der Waals surface area (Å²) in [6.45, 7) is 1.03. The molecule has 2 heterocycles. The van der Waals surface area contributed by atoms with Gasteiger partial charge in [0.25, 0.3) is 0 Å². The van der Waals surface area contributed by atoms with Crippen LogP contribution in [0, 0.1) is 0 Å². The number of methoxy groups -OCH3 is 1. The molecule has 3 aromatic carbocycles. The van der Waals surface area contributed by atoms with Crippen molar-refractivity contribution in [1.82, 2.24) is 4.72 Å². The van der Waals surface area contributed by atoms with Crippen molar-refractivity contribution < 1.29 is 22.6 Å². The van der Waals surface area contributed by atoms with Crippen LogP contribution in [0.5, 0.6) is 17.2 Å². The van der Waals surface area contributed by atoms with Gasteiger partial charge in [-0.3, -0.25) is 0 Å². The topological polar surface area (TPSA) is 73.9 Å². The predicted molar refractivity (Wildman–Crippen MR) is 129 cm³/mol. The highest BCUT2D eigenvalue weighted by Crippen LogP contribution is 2.37. The van der Waals surface area contributed by atoms with Gasteiger partial charge in [0.2, 0.25) is 10.0 Å². The molecular formula is C25H23NO5S2. The van der Waals surface area contributed by atoms with E-state index >= 15 is 0 Å². The van der Waals surface area contributed by atoms with Gasteiger partial charge in [-0.2, -0.15) is 4.72 Å². The molecule has 0 saturated heterocycles. The van der Waals surface area contributed by atoms with Crippen LogP contribution in [0.15, 0.2) is 77.7 Å². The van der Waals surface area contributed by atoms with Crippen molar-refractivity contribution in [3.8, 4) is 17.2 Å². The molecule has 0 fully saturated rings. The van der Waals surface area contributed by atoms with Gasteiger partial charge in [-0.25, -0.2) is 8.42 Å². The van der Waals surface area contributed by atoms with Crippen LogP contribution in [-0.4, -0.2) is 28.7 Å². The van der Waals surface area contributed by atoms with Crippen LogP contribution >= 0.6 is 11.3 Å². The first kappa shape index (κ1) is 21.8. The van der Waals surface area contributed by atoms with Crippen LogP contribution in [-0.2, 0) is 10.0 Å². The maximum Gasteiger partial charge on any atom is 0.241 e. The van der Waals surface area contributed by atoms with Crippen LogP contribution in [0.3, 0.4) is 0 Å². The summed E-state index contributed by atoms with van der Waals surface area (Å²) >= 11 is 1.55. The normalized spacial score (nSPS) is 14.6. The van der Waals surface area contributed by atoms with Crippen LogP contribution < -0.4 is 18.9 Å². The number of hydrogen-bond donors (Lipinski definition) is 1. The molecule has 0 saturated carbocycles. The molecule has 1 N–H and O–H groups in total. The smallest absolute Gasteiger partial charge is 0.241 e. The Morgan fingerprint density at radius 2 is 1.73 bits per heavy atom. The number of benzene rings is 3. The Kier molecular flexibility index (Phi) is 5.97. The van der Waals surface area contributed by atoms with Gasteiger partial charge in [0, 0.05) is 22.1 Å². The molecule has 6 nitrogen and oxygen atoms in total. The number of hydrogen-bond acceptors (Lipinski definition) is 6. The van der Waals surface area contributed by atoms with Crippen molar-refractivity contribution in [3.05, 3.63) is 83.2 Å². The van der Waals surface area contributed by atoms with E-state index in [1.807, 2.05) is 54.6 Å². The maximum absolute atomic E-state index is 13.5. The first-order valence-electron chi connectivity index (χ1n) is 10.6. The number of sulfonamides is 1. The minimum absolute atomic E-state index is 0.135. The van der Waals surface area contributed by atoms with Crippen molar-refractivity contribution in [2.75, 3.05) is 20.3 Å². The van der Waals surface area contributed by atoms with Gasteiger partial charge in [-0.05, 0) is 47.3 Å². The third-order valence-electron chi connectivity index (χ3n) is 5.46. The minimum atomic E-state index is -3.86. The fourth-order valence-electron chi connectivity index (χ4n) is 3.78. The summed E-state index contributed by atoms with van der Waals surface area (Å²) < 4.78 is 47.5. The van der Waals surface area contributed by atoms with E-state index in [0.717, 1.165) is 32.7 Å². The van der Waals surface area contributed by atoms with E-state index in [4.69, 9.17) is 14.2 Å². The summed E-state index contributed by atoms with van der Waals surface area (Å²) in [4.78, 5) is 1.03. The summed E-state index contributed by atoms with van der Waals surface area (Å²) in [6, 6.07) is 21.6.